The van der Waals surface area contributed by atoms with Crippen LogP contribution in [0.3, 0.4) is 0 Å². The van der Waals surface area contributed by atoms with E-state index in [0.29, 0.717) is 38.7 Å². The van der Waals surface area contributed by atoms with Gasteiger partial charge in [0, 0.05) is 61.8 Å². The van der Waals surface area contributed by atoms with E-state index >= 15 is 0 Å². The summed E-state index contributed by atoms with van der Waals surface area (Å²) in [7, 11) is 0. The van der Waals surface area contributed by atoms with Crippen LogP contribution in [0.1, 0.15) is 22.5 Å². The van der Waals surface area contributed by atoms with E-state index in [2.05, 4.69) is 59.9 Å². The number of morpholine rings is 1. The van der Waals surface area contributed by atoms with Crippen LogP contribution in [0, 0.1) is 0 Å². The van der Waals surface area contributed by atoms with Crippen molar-refractivity contribution in [2.75, 3.05) is 43.1 Å². The molecule has 0 bridgehead atoms. The fourth-order valence-corrected chi connectivity index (χ4v) is 5.64. The average Bonchev–Trinajstić information content (AvgIpc) is 3.71. The number of nitrogens with zero attached hydrogens (tertiary/aromatic N) is 8. The number of carbonyl (C=O) groups excluding carboxylic acids is 1. The molecule has 7 rings (SSSR count). The summed E-state index contributed by atoms with van der Waals surface area (Å²) >= 11 is 0. The lowest BCUT2D eigenvalue weighted by Gasteiger charge is -2.27. The van der Waals surface area contributed by atoms with Crippen molar-refractivity contribution in [1.29, 1.82) is 0 Å². The second-order valence-electron chi connectivity index (χ2n) is 10.3. The van der Waals surface area contributed by atoms with E-state index in [9.17, 15) is 4.79 Å². The molecule has 1 fully saturated rings. The largest absolute Gasteiger partial charge is 0.378 e. The molecule has 2 N–H and O–H groups in total. The van der Waals surface area contributed by atoms with E-state index in [-0.39, 0.29) is 18.5 Å². The number of H-pyrrole nitrogens is 1. The molecule has 0 radical (unpaired) electrons. The minimum absolute atomic E-state index is 0.000384. The van der Waals surface area contributed by atoms with Crippen LogP contribution in [-0.2, 0) is 41.9 Å². The van der Waals surface area contributed by atoms with Gasteiger partial charge in [0.2, 0.25) is 11.9 Å². The second-order valence-corrected chi connectivity index (χ2v) is 10.3. The van der Waals surface area contributed by atoms with Crippen molar-refractivity contribution in [3.05, 3.63) is 65.4 Å². The second kappa shape index (κ2) is 10.1. The number of nitrogens with one attached hydrogen (secondary N) is 2. The minimum Gasteiger partial charge on any atom is -0.378 e. The third-order valence-corrected chi connectivity index (χ3v) is 7.71. The number of fused-ring (bicyclic) bond motifs is 2. The Bertz CT molecular complexity index is 1450. The average molecular weight is 527 g/mol. The van der Waals surface area contributed by atoms with Gasteiger partial charge in [-0.1, -0.05) is 24.3 Å². The molecule has 3 aliphatic rings. The smallest absolute Gasteiger partial charge is 0.244 e. The Hall–Kier alpha value is -4.32. The van der Waals surface area contributed by atoms with Gasteiger partial charge in [-0.3, -0.25) is 9.48 Å². The molecule has 39 heavy (non-hydrogen) atoms. The Morgan fingerprint density at radius 3 is 2.54 bits per heavy atom. The fourth-order valence-electron chi connectivity index (χ4n) is 5.64. The van der Waals surface area contributed by atoms with E-state index < -0.39 is 0 Å². The zero-order valence-electron chi connectivity index (χ0n) is 21.6. The molecule has 5 heterocycles. The van der Waals surface area contributed by atoms with Crippen LogP contribution in [0.25, 0.3) is 11.1 Å². The van der Waals surface area contributed by atoms with Crippen molar-refractivity contribution >= 4 is 17.7 Å². The van der Waals surface area contributed by atoms with Crippen LogP contribution in [0.15, 0.2) is 42.9 Å². The molecule has 12 nitrogen and oxygen atoms in total. The third-order valence-electron chi connectivity index (χ3n) is 7.71. The quantitative estimate of drug-likeness (QED) is 0.383. The lowest BCUT2D eigenvalue weighted by atomic mass is 10.1. The highest BCUT2D eigenvalue weighted by Gasteiger charge is 2.26. The number of hydrogen-bond acceptors (Lipinski definition) is 9. The molecular formula is C27H30N10O2. The molecule has 12 heteroatoms. The van der Waals surface area contributed by atoms with Crippen molar-refractivity contribution in [3.8, 4) is 11.1 Å². The van der Waals surface area contributed by atoms with Gasteiger partial charge in [0.1, 0.15) is 12.2 Å². The summed E-state index contributed by atoms with van der Waals surface area (Å²) in [6, 6.07) is 8.84. The zero-order valence-corrected chi connectivity index (χ0v) is 21.6. The van der Waals surface area contributed by atoms with Crippen LogP contribution in [0.2, 0.25) is 0 Å². The van der Waals surface area contributed by atoms with Crippen LogP contribution in [0.4, 0.5) is 11.8 Å². The maximum absolute atomic E-state index is 13.2. The molecule has 0 unspecified atom stereocenters. The molecule has 0 saturated carbocycles. The summed E-state index contributed by atoms with van der Waals surface area (Å²) in [5.74, 6) is 1.43. The minimum atomic E-state index is -0.000384. The number of benzene rings is 1. The first-order valence-corrected chi connectivity index (χ1v) is 13.4. The lowest BCUT2D eigenvalue weighted by Crippen LogP contribution is -2.38. The van der Waals surface area contributed by atoms with E-state index in [0.717, 1.165) is 54.3 Å². The number of aromatic amines is 1. The number of amides is 1. The Balaban J connectivity index is 1.09. The highest BCUT2D eigenvalue weighted by Crippen LogP contribution is 2.30. The molecule has 4 aromatic rings. The summed E-state index contributed by atoms with van der Waals surface area (Å²) < 4.78 is 7.28. The molecular weight excluding hydrogens is 496 g/mol. The normalized spacial score (nSPS) is 17.2. The first kappa shape index (κ1) is 23.8. The summed E-state index contributed by atoms with van der Waals surface area (Å²) in [6.45, 7) is 3.99. The van der Waals surface area contributed by atoms with Gasteiger partial charge in [0.15, 0.2) is 5.82 Å². The number of anilines is 2. The maximum Gasteiger partial charge on any atom is 0.244 e. The SMILES string of the molecule is O=C(Cn1cc(-c2cnc(NC3Cc4ccccc4C3)nc2)c(N2CCOCC2)n1)N1CCc2n[nH]nc2C1. The summed E-state index contributed by atoms with van der Waals surface area (Å²) in [6.07, 6.45) is 8.23. The topological polar surface area (TPSA) is 130 Å². The monoisotopic (exact) mass is 526 g/mol. The fraction of sp³-hybridized carbons (Fsp3) is 0.407. The summed E-state index contributed by atoms with van der Waals surface area (Å²) in [5, 5.41) is 19.3. The summed E-state index contributed by atoms with van der Waals surface area (Å²) in [5.41, 5.74) is 6.30. The first-order chi connectivity index (χ1) is 19.2. The van der Waals surface area contributed by atoms with Crippen LogP contribution in [0.5, 0.6) is 0 Å². The molecule has 1 amide bonds. The highest BCUT2D eigenvalue weighted by atomic mass is 16.5. The van der Waals surface area contributed by atoms with E-state index in [1.807, 2.05) is 23.5 Å². The third kappa shape index (κ3) is 4.83. The van der Waals surface area contributed by atoms with Gasteiger partial charge in [-0.15, -0.1) is 0 Å². The number of aromatic nitrogens is 7. The molecule has 1 saturated heterocycles. The van der Waals surface area contributed by atoms with Crippen LogP contribution in [-0.4, -0.2) is 84.9 Å². The van der Waals surface area contributed by atoms with Crippen molar-refractivity contribution in [2.45, 2.75) is 38.4 Å². The number of carbonyl (C=O) groups is 1. The van der Waals surface area contributed by atoms with Gasteiger partial charge in [-0.25, -0.2) is 9.97 Å². The molecule has 1 aliphatic carbocycles. The lowest BCUT2D eigenvalue weighted by molar-refractivity contribution is -0.133. The standard InChI is InChI=1S/C27H30N10O2/c38-25(36-6-5-23-24(16-36)32-34-31-23)17-37-15-22(26(33-37)35-7-9-39-10-8-35)20-13-28-27(29-14-20)30-21-11-18-3-1-2-4-19(18)12-21/h1-4,13-15,21H,5-12,16-17H2,(H,28,29,30)(H,31,32,34). The number of hydrogen-bond donors (Lipinski definition) is 2. The van der Waals surface area contributed by atoms with Gasteiger partial charge < -0.3 is 19.9 Å². The molecule has 0 atom stereocenters. The predicted molar refractivity (Wildman–Crippen MR) is 143 cm³/mol. The Labute approximate surface area is 225 Å². The molecule has 200 valence electrons. The zero-order chi connectivity index (χ0) is 26.2. The van der Waals surface area contributed by atoms with Crippen LogP contribution < -0.4 is 10.2 Å². The number of ether oxygens (including phenoxy) is 1. The van der Waals surface area contributed by atoms with E-state index in [4.69, 9.17) is 9.84 Å². The van der Waals surface area contributed by atoms with Crippen molar-refractivity contribution in [1.82, 2.24) is 40.1 Å². The van der Waals surface area contributed by atoms with Gasteiger partial charge >= 0.3 is 0 Å². The van der Waals surface area contributed by atoms with Crippen molar-refractivity contribution in [3.63, 3.8) is 0 Å². The maximum atomic E-state index is 13.2. The highest BCUT2D eigenvalue weighted by molar-refractivity contribution is 5.78. The van der Waals surface area contributed by atoms with Gasteiger partial charge in [0.05, 0.1) is 25.5 Å². The van der Waals surface area contributed by atoms with Gasteiger partial charge in [0.25, 0.3) is 0 Å². The van der Waals surface area contributed by atoms with Crippen LogP contribution >= 0.6 is 0 Å². The Morgan fingerprint density at radius 2 is 1.77 bits per heavy atom. The first-order valence-electron chi connectivity index (χ1n) is 13.4. The molecule has 3 aromatic heterocycles. The molecule has 0 spiro atoms. The predicted octanol–water partition coefficient (Wildman–Crippen LogP) is 1.46. The number of rotatable bonds is 6. The summed E-state index contributed by atoms with van der Waals surface area (Å²) in [4.78, 5) is 26.4. The Morgan fingerprint density at radius 1 is 1.03 bits per heavy atom. The van der Waals surface area contributed by atoms with E-state index in [1.165, 1.54) is 11.1 Å². The van der Waals surface area contributed by atoms with Crippen molar-refractivity contribution < 1.29 is 9.53 Å². The molecule has 2 aliphatic heterocycles. The van der Waals surface area contributed by atoms with Gasteiger partial charge in [-0.05, 0) is 24.0 Å². The van der Waals surface area contributed by atoms with E-state index in [1.54, 1.807) is 4.68 Å². The Kier molecular flexibility index (Phi) is 6.16. The van der Waals surface area contributed by atoms with Gasteiger partial charge in [-0.2, -0.15) is 20.5 Å². The van der Waals surface area contributed by atoms with Crippen molar-refractivity contribution in [2.24, 2.45) is 0 Å². The molecule has 1 aromatic carbocycles.